The van der Waals surface area contributed by atoms with Crippen LogP contribution in [0.4, 0.5) is 13.6 Å². The molecule has 1 heterocycles. The molecule has 8 heteroatoms. The molecule has 0 amide bonds. The van der Waals surface area contributed by atoms with Gasteiger partial charge in [0.1, 0.15) is 11.6 Å². The number of aromatic nitrogens is 1. The lowest BCUT2D eigenvalue weighted by atomic mass is 10.1. The first-order valence-corrected chi connectivity index (χ1v) is 7.93. The van der Waals surface area contributed by atoms with E-state index in [2.05, 4.69) is 4.74 Å². The van der Waals surface area contributed by atoms with Crippen LogP contribution in [0.5, 0.6) is 5.75 Å². The van der Waals surface area contributed by atoms with Gasteiger partial charge in [0, 0.05) is 5.69 Å². The lowest BCUT2D eigenvalue weighted by molar-refractivity contribution is 0.104. The van der Waals surface area contributed by atoms with E-state index in [0.29, 0.717) is 5.69 Å². The Labute approximate surface area is 151 Å². The number of nitrogens with zero attached hydrogens (tertiary/aromatic N) is 1. The van der Waals surface area contributed by atoms with Crippen LogP contribution in [-0.4, -0.2) is 17.3 Å². The third kappa shape index (κ3) is 3.39. The van der Waals surface area contributed by atoms with Crippen LogP contribution in [0.3, 0.4) is 0 Å². The largest absolute Gasteiger partial charge is 0.514 e. The lowest BCUT2D eigenvalue weighted by Crippen LogP contribution is -2.18. The number of benzene rings is 2. The van der Waals surface area contributed by atoms with Gasteiger partial charge in [-0.15, -0.1) is 0 Å². The van der Waals surface area contributed by atoms with E-state index < -0.39 is 23.2 Å². The molecule has 26 heavy (non-hydrogen) atoms. The maximum Gasteiger partial charge on any atom is 0.514 e. The second-order valence-electron chi connectivity index (χ2n) is 5.24. The molecule has 0 aliphatic carbocycles. The van der Waals surface area contributed by atoms with Crippen molar-refractivity contribution in [2.24, 2.45) is 0 Å². The number of hydrogen-bond acceptors (Lipinski definition) is 4. The minimum atomic E-state index is -1.07. The smallest absolute Gasteiger partial charge is 0.434 e. The van der Waals surface area contributed by atoms with E-state index >= 15 is 0 Å². The van der Waals surface area contributed by atoms with Crippen molar-refractivity contribution in [3.8, 4) is 11.4 Å². The molecule has 134 valence electrons. The van der Waals surface area contributed by atoms with Gasteiger partial charge in [-0.2, -0.15) is 0 Å². The molecule has 5 nitrogen and oxygen atoms in total. The molecule has 0 radical (unpaired) electrons. The number of carbonyl (C=O) groups excluding carboxylic acids is 1. The molecule has 0 bridgehead atoms. The molecule has 3 aromatic rings. The zero-order valence-electron chi connectivity index (χ0n) is 13.5. The molecule has 0 aliphatic rings. The molecule has 0 saturated carbocycles. The van der Waals surface area contributed by atoms with Crippen LogP contribution in [0.1, 0.15) is 6.92 Å². The van der Waals surface area contributed by atoms with Crippen LogP contribution in [0, 0.1) is 11.6 Å². The minimum Gasteiger partial charge on any atom is -0.434 e. The SMILES string of the molecule is CCOC(=O)Oc1cn(-c2ccc(F)cc2)c2cc(Cl)c(F)cc2c1=O. The third-order valence-corrected chi connectivity index (χ3v) is 3.86. The fraction of sp³-hybridized carbons (Fsp3) is 0.111. The molecule has 0 unspecified atom stereocenters. The number of hydrogen-bond donors (Lipinski definition) is 0. The molecule has 0 saturated heterocycles. The Morgan fingerprint density at radius 2 is 1.88 bits per heavy atom. The van der Waals surface area contributed by atoms with Crippen LogP contribution in [0.15, 0.2) is 47.4 Å². The molecule has 0 spiro atoms. The monoisotopic (exact) mass is 379 g/mol. The average Bonchev–Trinajstić information content (AvgIpc) is 2.60. The number of rotatable bonds is 3. The highest BCUT2D eigenvalue weighted by Crippen LogP contribution is 2.26. The fourth-order valence-corrected chi connectivity index (χ4v) is 2.58. The summed E-state index contributed by atoms with van der Waals surface area (Å²) in [5.41, 5.74) is 0.0129. The summed E-state index contributed by atoms with van der Waals surface area (Å²) in [4.78, 5) is 24.1. The maximum atomic E-state index is 13.9. The number of pyridine rings is 1. The fourth-order valence-electron chi connectivity index (χ4n) is 2.42. The third-order valence-electron chi connectivity index (χ3n) is 3.57. The van der Waals surface area contributed by atoms with Gasteiger partial charge >= 0.3 is 6.16 Å². The Hall–Kier alpha value is -2.93. The zero-order valence-corrected chi connectivity index (χ0v) is 14.2. The molecule has 1 aromatic heterocycles. The summed E-state index contributed by atoms with van der Waals surface area (Å²) in [6.07, 6.45) is 0.173. The molecule has 2 aromatic carbocycles. The summed E-state index contributed by atoms with van der Waals surface area (Å²) < 4.78 is 38.1. The summed E-state index contributed by atoms with van der Waals surface area (Å²) in [6, 6.07) is 7.56. The van der Waals surface area contributed by atoms with Gasteiger partial charge in [-0.25, -0.2) is 13.6 Å². The van der Waals surface area contributed by atoms with Crippen LogP contribution in [0.2, 0.25) is 5.02 Å². The van der Waals surface area contributed by atoms with Crippen molar-refractivity contribution in [1.82, 2.24) is 4.57 Å². The van der Waals surface area contributed by atoms with Gasteiger partial charge in [0.15, 0.2) is 5.75 Å². The summed E-state index contributed by atoms with van der Waals surface area (Å²) >= 11 is 5.83. The lowest BCUT2D eigenvalue weighted by Gasteiger charge is -2.14. The van der Waals surface area contributed by atoms with Crippen molar-refractivity contribution in [3.63, 3.8) is 0 Å². The van der Waals surface area contributed by atoms with E-state index in [0.717, 1.165) is 6.07 Å². The van der Waals surface area contributed by atoms with E-state index in [9.17, 15) is 18.4 Å². The van der Waals surface area contributed by atoms with E-state index in [4.69, 9.17) is 16.3 Å². The number of halogens is 3. The second kappa shape index (κ2) is 7.13. The molecule has 3 rings (SSSR count). The molecule has 0 N–H and O–H groups in total. The van der Waals surface area contributed by atoms with Crippen LogP contribution in [0.25, 0.3) is 16.6 Å². The molecule has 0 aliphatic heterocycles. The number of fused-ring (bicyclic) bond motifs is 1. The average molecular weight is 380 g/mol. The van der Waals surface area contributed by atoms with E-state index in [-0.39, 0.29) is 28.3 Å². The molecule has 0 atom stereocenters. The van der Waals surface area contributed by atoms with Gasteiger partial charge in [0.05, 0.1) is 28.7 Å². The Morgan fingerprint density at radius 3 is 2.54 bits per heavy atom. The van der Waals surface area contributed by atoms with Gasteiger partial charge < -0.3 is 14.0 Å². The Morgan fingerprint density at radius 1 is 1.19 bits per heavy atom. The predicted octanol–water partition coefficient (Wildman–Crippen LogP) is 4.46. The van der Waals surface area contributed by atoms with Crippen molar-refractivity contribution in [3.05, 3.63) is 69.5 Å². The minimum absolute atomic E-state index is 0.0574. The first-order chi connectivity index (χ1) is 12.4. The van der Waals surface area contributed by atoms with Crippen molar-refractivity contribution in [1.29, 1.82) is 0 Å². The van der Waals surface area contributed by atoms with Crippen LogP contribution in [-0.2, 0) is 4.74 Å². The first-order valence-electron chi connectivity index (χ1n) is 7.55. The second-order valence-corrected chi connectivity index (χ2v) is 5.64. The Kier molecular flexibility index (Phi) is 4.90. The van der Waals surface area contributed by atoms with E-state index in [1.165, 1.54) is 41.1 Å². The highest BCUT2D eigenvalue weighted by molar-refractivity contribution is 6.31. The highest BCUT2D eigenvalue weighted by Gasteiger charge is 2.17. The predicted molar refractivity (Wildman–Crippen MR) is 92.1 cm³/mol. The van der Waals surface area contributed by atoms with Crippen molar-refractivity contribution in [2.45, 2.75) is 6.92 Å². The topological polar surface area (TPSA) is 57.5 Å². The Bertz CT molecular complexity index is 1050. The Balaban J connectivity index is 2.28. The zero-order chi connectivity index (χ0) is 18.8. The van der Waals surface area contributed by atoms with E-state index in [1.54, 1.807) is 6.92 Å². The van der Waals surface area contributed by atoms with Gasteiger partial charge in [-0.1, -0.05) is 11.6 Å². The summed E-state index contributed by atoms with van der Waals surface area (Å²) in [7, 11) is 0. The summed E-state index contributed by atoms with van der Waals surface area (Å²) in [5, 5.41) is -0.246. The standard InChI is InChI=1S/C18H12ClF2NO4/c1-2-25-18(24)26-16-9-22(11-5-3-10(20)4-6-11)15-8-13(19)14(21)7-12(15)17(16)23/h3-9H,2H2,1H3. The van der Waals surface area contributed by atoms with Crippen molar-refractivity contribution in [2.75, 3.05) is 6.61 Å². The molecular weight excluding hydrogens is 368 g/mol. The highest BCUT2D eigenvalue weighted by atomic mass is 35.5. The quantitative estimate of drug-likeness (QED) is 0.630. The van der Waals surface area contributed by atoms with Gasteiger partial charge in [-0.05, 0) is 43.3 Å². The summed E-state index contributed by atoms with van der Waals surface area (Å²) in [6.45, 7) is 1.64. The van der Waals surface area contributed by atoms with Crippen molar-refractivity contribution >= 4 is 28.7 Å². The van der Waals surface area contributed by atoms with Gasteiger partial charge in [0.25, 0.3) is 0 Å². The van der Waals surface area contributed by atoms with E-state index in [1.807, 2.05) is 0 Å². The molecular formula is C18H12ClF2NO4. The first kappa shape index (κ1) is 17.9. The number of carbonyl (C=O) groups is 1. The van der Waals surface area contributed by atoms with Gasteiger partial charge in [0.2, 0.25) is 5.43 Å². The van der Waals surface area contributed by atoms with Gasteiger partial charge in [-0.3, -0.25) is 4.79 Å². The maximum absolute atomic E-state index is 13.9. The summed E-state index contributed by atoms with van der Waals surface area (Å²) in [5.74, 6) is -1.61. The van der Waals surface area contributed by atoms with Crippen LogP contribution < -0.4 is 10.2 Å². The number of ether oxygens (including phenoxy) is 2. The normalized spacial score (nSPS) is 10.8. The van der Waals surface area contributed by atoms with Crippen LogP contribution >= 0.6 is 11.6 Å². The van der Waals surface area contributed by atoms with Crippen molar-refractivity contribution < 1.29 is 23.0 Å². The molecule has 0 fully saturated rings.